The van der Waals surface area contributed by atoms with Gasteiger partial charge in [-0.3, -0.25) is 0 Å². The van der Waals surface area contributed by atoms with Gasteiger partial charge in [0.15, 0.2) is 0 Å². The molecule has 3 heteroatoms. The lowest BCUT2D eigenvalue weighted by molar-refractivity contribution is 0.329. The van der Waals surface area contributed by atoms with Gasteiger partial charge < -0.3 is 9.88 Å². The van der Waals surface area contributed by atoms with Gasteiger partial charge in [0.2, 0.25) is 0 Å². The summed E-state index contributed by atoms with van der Waals surface area (Å²) in [6, 6.07) is 0. The molecule has 1 aromatic rings. The lowest BCUT2D eigenvalue weighted by Crippen LogP contribution is -2.30. The van der Waals surface area contributed by atoms with Gasteiger partial charge in [0.1, 0.15) is 0 Å². The van der Waals surface area contributed by atoms with E-state index in [9.17, 15) is 0 Å². The summed E-state index contributed by atoms with van der Waals surface area (Å²) in [4.78, 5) is 4.26. The zero-order valence-corrected chi connectivity index (χ0v) is 9.74. The van der Waals surface area contributed by atoms with Crippen LogP contribution in [0.1, 0.15) is 38.3 Å². The molecular weight excluding hydrogens is 186 g/mol. The minimum atomic E-state index is 0.578. The van der Waals surface area contributed by atoms with Gasteiger partial charge in [-0.15, -0.1) is 0 Å². The largest absolute Gasteiger partial charge is 0.334 e. The number of hydrogen-bond acceptors (Lipinski definition) is 2. The predicted octanol–water partition coefficient (Wildman–Crippen LogP) is 2.01. The van der Waals surface area contributed by atoms with Gasteiger partial charge in [-0.25, -0.2) is 4.98 Å². The van der Waals surface area contributed by atoms with E-state index in [1.807, 2.05) is 12.5 Å². The molecule has 0 aliphatic carbocycles. The van der Waals surface area contributed by atoms with Gasteiger partial charge >= 0.3 is 0 Å². The molecule has 0 radical (unpaired) electrons. The highest BCUT2D eigenvalue weighted by Gasteiger charge is 2.15. The summed E-state index contributed by atoms with van der Waals surface area (Å²) in [7, 11) is 0. The second kappa shape index (κ2) is 4.79. The summed E-state index contributed by atoms with van der Waals surface area (Å²) >= 11 is 0. The number of nitrogens with one attached hydrogen (secondary N) is 1. The third kappa shape index (κ3) is 2.59. The summed E-state index contributed by atoms with van der Waals surface area (Å²) in [6.45, 7) is 7.97. The Morgan fingerprint density at radius 1 is 1.47 bits per heavy atom. The number of piperidine rings is 1. The lowest BCUT2D eigenvalue weighted by Gasteiger charge is -2.24. The van der Waals surface area contributed by atoms with E-state index in [1.54, 1.807) is 0 Å². The molecule has 0 atom stereocenters. The maximum atomic E-state index is 4.26. The summed E-state index contributed by atoms with van der Waals surface area (Å²) < 4.78 is 2.33. The Morgan fingerprint density at radius 2 is 2.20 bits per heavy atom. The fourth-order valence-corrected chi connectivity index (χ4v) is 2.31. The highest BCUT2D eigenvalue weighted by atomic mass is 15.1. The minimum absolute atomic E-state index is 0.578. The SMILES string of the molecule is CC(C)c1cncn1CC1CCNCC1. The fourth-order valence-electron chi connectivity index (χ4n) is 2.31. The Bertz CT molecular complexity index is 298. The highest BCUT2D eigenvalue weighted by Crippen LogP contribution is 2.19. The maximum absolute atomic E-state index is 4.26. The van der Waals surface area contributed by atoms with E-state index < -0.39 is 0 Å². The van der Waals surface area contributed by atoms with Crippen LogP contribution in [0.2, 0.25) is 0 Å². The van der Waals surface area contributed by atoms with Crippen molar-refractivity contribution in [1.29, 1.82) is 0 Å². The monoisotopic (exact) mass is 207 g/mol. The van der Waals surface area contributed by atoms with E-state index in [2.05, 4.69) is 28.7 Å². The molecule has 1 aliphatic rings. The Hall–Kier alpha value is -0.830. The van der Waals surface area contributed by atoms with Crippen LogP contribution in [-0.4, -0.2) is 22.6 Å². The first-order chi connectivity index (χ1) is 7.27. The lowest BCUT2D eigenvalue weighted by atomic mass is 9.98. The molecule has 1 aromatic heterocycles. The van der Waals surface area contributed by atoms with Gasteiger partial charge in [-0.2, -0.15) is 0 Å². The zero-order valence-electron chi connectivity index (χ0n) is 9.74. The van der Waals surface area contributed by atoms with Crippen molar-refractivity contribution in [2.75, 3.05) is 13.1 Å². The third-order valence-corrected chi connectivity index (χ3v) is 3.25. The van der Waals surface area contributed by atoms with Crippen molar-refractivity contribution in [3.05, 3.63) is 18.2 Å². The second-order valence-corrected chi connectivity index (χ2v) is 4.82. The van der Waals surface area contributed by atoms with Crippen LogP contribution in [0.4, 0.5) is 0 Å². The number of aromatic nitrogens is 2. The van der Waals surface area contributed by atoms with Gasteiger partial charge in [0, 0.05) is 18.4 Å². The Kier molecular flexibility index (Phi) is 3.41. The van der Waals surface area contributed by atoms with E-state index in [4.69, 9.17) is 0 Å². The van der Waals surface area contributed by atoms with E-state index in [1.165, 1.54) is 31.6 Å². The van der Waals surface area contributed by atoms with E-state index in [0.29, 0.717) is 5.92 Å². The van der Waals surface area contributed by atoms with Gasteiger partial charge in [-0.05, 0) is 37.8 Å². The van der Waals surface area contributed by atoms with Crippen molar-refractivity contribution in [3.63, 3.8) is 0 Å². The van der Waals surface area contributed by atoms with E-state index >= 15 is 0 Å². The molecule has 3 nitrogen and oxygen atoms in total. The van der Waals surface area contributed by atoms with Crippen LogP contribution in [0.25, 0.3) is 0 Å². The number of nitrogens with zero attached hydrogens (tertiary/aromatic N) is 2. The molecule has 1 N–H and O–H groups in total. The van der Waals surface area contributed by atoms with E-state index in [-0.39, 0.29) is 0 Å². The Labute approximate surface area is 91.9 Å². The summed E-state index contributed by atoms with van der Waals surface area (Å²) in [5.74, 6) is 1.41. The molecular formula is C12H21N3. The molecule has 0 amide bonds. The molecule has 1 aliphatic heterocycles. The van der Waals surface area contributed by atoms with Crippen LogP contribution >= 0.6 is 0 Å². The minimum Gasteiger partial charge on any atom is -0.334 e. The van der Waals surface area contributed by atoms with Crippen molar-refractivity contribution in [2.45, 2.75) is 39.2 Å². The predicted molar refractivity (Wildman–Crippen MR) is 61.9 cm³/mol. The summed E-state index contributed by atoms with van der Waals surface area (Å²) in [6.07, 6.45) is 6.59. The van der Waals surface area contributed by atoms with Crippen molar-refractivity contribution >= 4 is 0 Å². The molecule has 84 valence electrons. The quantitative estimate of drug-likeness (QED) is 0.821. The second-order valence-electron chi connectivity index (χ2n) is 4.82. The summed E-state index contributed by atoms with van der Waals surface area (Å²) in [5.41, 5.74) is 1.37. The van der Waals surface area contributed by atoms with Crippen LogP contribution in [0, 0.1) is 5.92 Å². The van der Waals surface area contributed by atoms with Gasteiger partial charge in [0.25, 0.3) is 0 Å². The van der Waals surface area contributed by atoms with Crippen molar-refractivity contribution < 1.29 is 0 Å². The number of imidazole rings is 1. The first kappa shape index (κ1) is 10.7. The molecule has 1 fully saturated rings. The first-order valence-electron chi connectivity index (χ1n) is 5.98. The Morgan fingerprint density at radius 3 is 2.87 bits per heavy atom. The molecule has 2 rings (SSSR count). The molecule has 0 aromatic carbocycles. The Balaban J connectivity index is 1.99. The number of hydrogen-bond donors (Lipinski definition) is 1. The molecule has 0 spiro atoms. The highest BCUT2D eigenvalue weighted by molar-refractivity contribution is 5.03. The average molecular weight is 207 g/mol. The van der Waals surface area contributed by atoms with Gasteiger partial charge in [0.05, 0.1) is 6.33 Å². The molecule has 1 saturated heterocycles. The standard InChI is InChI=1S/C12H21N3/c1-10(2)12-7-14-9-15(12)8-11-3-5-13-6-4-11/h7,9-11,13H,3-6,8H2,1-2H3. The van der Waals surface area contributed by atoms with Crippen LogP contribution < -0.4 is 5.32 Å². The topological polar surface area (TPSA) is 29.9 Å². The zero-order chi connectivity index (χ0) is 10.7. The van der Waals surface area contributed by atoms with Crippen molar-refractivity contribution in [2.24, 2.45) is 5.92 Å². The average Bonchev–Trinajstić information content (AvgIpc) is 2.67. The fraction of sp³-hybridized carbons (Fsp3) is 0.750. The maximum Gasteiger partial charge on any atom is 0.0948 e. The molecule has 2 heterocycles. The van der Waals surface area contributed by atoms with Crippen LogP contribution in [0.3, 0.4) is 0 Å². The molecule has 0 bridgehead atoms. The van der Waals surface area contributed by atoms with E-state index in [0.717, 1.165) is 12.5 Å². The van der Waals surface area contributed by atoms with Crippen LogP contribution in [-0.2, 0) is 6.54 Å². The van der Waals surface area contributed by atoms with Gasteiger partial charge in [-0.1, -0.05) is 13.8 Å². The van der Waals surface area contributed by atoms with Crippen LogP contribution in [0.15, 0.2) is 12.5 Å². The van der Waals surface area contributed by atoms with Crippen molar-refractivity contribution in [3.8, 4) is 0 Å². The smallest absolute Gasteiger partial charge is 0.0948 e. The van der Waals surface area contributed by atoms with Crippen molar-refractivity contribution in [1.82, 2.24) is 14.9 Å². The third-order valence-electron chi connectivity index (χ3n) is 3.25. The number of rotatable bonds is 3. The van der Waals surface area contributed by atoms with Crippen LogP contribution in [0.5, 0.6) is 0 Å². The molecule has 15 heavy (non-hydrogen) atoms. The normalized spacial score (nSPS) is 18.6. The molecule has 0 unspecified atom stereocenters. The molecule has 0 saturated carbocycles. The summed E-state index contributed by atoms with van der Waals surface area (Å²) in [5, 5.41) is 3.41. The first-order valence-corrected chi connectivity index (χ1v) is 5.98.